The maximum atomic E-state index is 14.2. The largest absolute Gasteiger partial charge is 0.495 e. The van der Waals surface area contributed by atoms with Crippen LogP contribution in [0.1, 0.15) is 60.5 Å². The third kappa shape index (κ3) is 9.33. The number of aromatic nitrogens is 1. The van der Waals surface area contributed by atoms with Crippen molar-refractivity contribution in [3.8, 4) is 11.5 Å². The van der Waals surface area contributed by atoms with Crippen LogP contribution in [0, 0.1) is 0 Å². The van der Waals surface area contributed by atoms with Gasteiger partial charge >= 0.3 is 5.97 Å². The summed E-state index contributed by atoms with van der Waals surface area (Å²) in [4.78, 5) is 32.3. The van der Waals surface area contributed by atoms with Gasteiger partial charge in [0.1, 0.15) is 11.5 Å². The Morgan fingerprint density at radius 3 is 2.28 bits per heavy atom. The van der Waals surface area contributed by atoms with Gasteiger partial charge in [0.15, 0.2) is 5.78 Å². The molecule has 280 valence electrons. The van der Waals surface area contributed by atoms with Crippen molar-refractivity contribution < 1.29 is 24.2 Å². The number of para-hydroxylation sites is 3. The van der Waals surface area contributed by atoms with Crippen LogP contribution < -0.4 is 19.3 Å². The molecule has 0 bridgehead atoms. The molecular weight excluding hydrogens is 688 g/mol. The number of carbonyl (C=O) groups excluding carboxylic acids is 1. The van der Waals surface area contributed by atoms with E-state index in [0.717, 1.165) is 72.9 Å². The number of aryl methyl sites for hydroxylation is 1. The summed E-state index contributed by atoms with van der Waals surface area (Å²) in [5.74, 6) is 1.08. The van der Waals surface area contributed by atoms with Crippen molar-refractivity contribution in [2.45, 2.75) is 45.6 Å². The standard InChI is InChI=1S/C43H50N4O5.ClH/c1-31(2)32-16-19-34(20-17-32)44(3)38-21-18-33(43(50)36-30-47(23-9-15-42(48)49)37-12-6-5-11-35(36)37)29-41(38)52-28-10-22-45-24-26-46(27-25-45)39-13-7-8-14-40(39)51-4;/h5-8,11-14,16-21,29-31H,9-10,15,22-28H2,1-4H3,(H,48,49);1H. The normalized spacial score (nSPS) is 13.2. The number of methoxy groups -OCH3 is 1. The SMILES string of the molecule is COc1ccccc1N1CCN(CCCOc2cc(C(=O)c3cn(CCCC(=O)O)c4ccccc34)ccc2N(C)c2ccc(C(C)C)cc2)CC1.Cl. The van der Waals surface area contributed by atoms with E-state index >= 15 is 0 Å². The van der Waals surface area contributed by atoms with E-state index in [-0.39, 0.29) is 24.6 Å². The number of carboxylic acids is 1. The van der Waals surface area contributed by atoms with Gasteiger partial charge in [-0.1, -0.05) is 56.3 Å². The quantitative estimate of drug-likeness (QED) is 0.0796. The van der Waals surface area contributed by atoms with Gasteiger partial charge in [-0.05, 0) is 72.9 Å². The summed E-state index contributed by atoms with van der Waals surface area (Å²) in [5.41, 5.74) is 6.39. The predicted octanol–water partition coefficient (Wildman–Crippen LogP) is 8.65. The molecule has 1 saturated heterocycles. The van der Waals surface area contributed by atoms with Crippen LogP contribution in [-0.4, -0.2) is 79.8 Å². The molecule has 1 aromatic heterocycles. The van der Waals surface area contributed by atoms with Crippen LogP contribution in [0.15, 0.2) is 97.2 Å². The van der Waals surface area contributed by atoms with Crippen molar-refractivity contribution in [1.82, 2.24) is 9.47 Å². The molecule has 1 aliphatic heterocycles. The lowest BCUT2D eigenvalue weighted by molar-refractivity contribution is -0.137. The van der Waals surface area contributed by atoms with Gasteiger partial charge in [-0.15, -0.1) is 12.4 Å². The van der Waals surface area contributed by atoms with Crippen LogP contribution in [0.25, 0.3) is 10.9 Å². The summed E-state index contributed by atoms with van der Waals surface area (Å²) < 4.78 is 14.1. The zero-order chi connectivity index (χ0) is 36.6. The molecule has 53 heavy (non-hydrogen) atoms. The fourth-order valence-electron chi connectivity index (χ4n) is 7.01. The molecule has 0 spiro atoms. The summed E-state index contributed by atoms with van der Waals surface area (Å²) in [6, 6.07) is 30.3. The molecule has 0 atom stereocenters. The highest BCUT2D eigenvalue weighted by Gasteiger charge is 2.22. The fraction of sp³-hybridized carbons (Fsp3) is 0.349. The molecule has 2 heterocycles. The molecule has 0 unspecified atom stereocenters. The third-order valence-electron chi connectivity index (χ3n) is 10.0. The fourth-order valence-corrected chi connectivity index (χ4v) is 7.01. The number of fused-ring (bicyclic) bond motifs is 1. The first-order chi connectivity index (χ1) is 25.2. The zero-order valence-electron chi connectivity index (χ0n) is 31.2. The average molecular weight is 739 g/mol. The molecule has 1 N–H and O–H groups in total. The first kappa shape index (κ1) is 39.2. The Balaban J connectivity index is 0.00000541. The summed E-state index contributed by atoms with van der Waals surface area (Å²) in [6.45, 7) is 10.1. The molecule has 4 aromatic carbocycles. The molecule has 0 aliphatic carbocycles. The number of halogens is 1. The molecule has 10 heteroatoms. The van der Waals surface area contributed by atoms with Crippen LogP contribution in [0.4, 0.5) is 17.1 Å². The summed E-state index contributed by atoms with van der Waals surface area (Å²) >= 11 is 0. The molecule has 6 rings (SSSR count). The minimum absolute atomic E-state index is 0. The Labute approximate surface area is 319 Å². The number of carboxylic acid groups (broad SMARTS) is 1. The maximum absolute atomic E-state index is 14.2. The summed E-state index contributed by atoms with van der Waals surface area (Å²) in [7, 11) is 3.75. The number of ketones is 1. The topological polar surface area (TPSA) is 87.5 Å². The number of hydrogen-bond donors (Lipinski definition) is 1. The molecule has 1 aliphatic rings. The Bertz CT molecular complexity index is 1980. The van der Waals surface area contributed by atoms with Crippen molar-refractivity contribution >= 4 is 52.1 Å². The number of ether oxygens (including phenoxy) is 2. The second-order valence-electron chi connectivity index (χ2n) is 13.8. The molecule has 1 fully saturated rings. The Morgan fingerprint density at radius 2 is 1.57 bits per heavy atom. The monoisotopic (exact) mass is 738 g/mol. The van der Waals surface area contributed by atoms with Crippen molar-refractivity contribution in [3.63, 3.8) is 0 Å². The van der Waals surface area contributed by atoms with Crippen LogP contribution in [0.3, 0.4) is 0 Å². The van der Waals surface area contributed by atoms with Crippen LogP contribution >= 0.6 is 12.4 Å². The van der Waals surface area contributed by atoms with Gasteiger partial charge < -0.3 is 28.9 Å². The molecule has 0 radical (unpaired) electrons. The van der Waals surface area contributed by atoms with Crippen molar-refractivity contribution in [2.24, 2.45) is 0 Å². The number of piperazine rings is 1. The third-order valence-corrected chi connectivity index (χ3v) is 10.0. The second-order valence-corrected chi connectivity index (χ2v) is 13.8. The summed E-state index contributed by atoms with van der Waals surface area (Å²) in [5, 5.41) is 10.0. The van der Waals surface area contributed by atoms with Gasteiger partial charge in [0.05, 0.1) is 25.1 Å². The Kier molecular flexibility index (Phi) is 13.4. The first-order valence-corrected chi connectivity index (χ1v) is 18.3. The van der Waals surface area contributed by atoms with Crippen molar-refractivity contribution in [3.05, 3.63) is 114 Å². The number of aliphatic carboxylic acids is 1. The lowest BCUT2D eigenvalue weighted by atomic mass is 10.0. The number of benzene rings is 4. The van der Waals surface area contributed by atoms with E-state index in [4.69, 9.17) is 14.6 Å². The van der Waals surface area contributed by atoms with E-state index in [0.29, 0.717) is 42.4 Å². The van der Waals surface area contributed by atoms with Crippen LogP contribution in [0.5, 0.6) is 11.5 Å². The number of nitrogens with zero attached hydrogens (tertiary/aromatic N) is 4. The van der Waals surface area contributed by atoms with E-state index in [1.807, 2.05) is 72.4 Å². The van der Waals surface area contributed by atoms with Gasteiger partial charge in [-0.25, -0.2) is 0 Å². The highest BCUT2D eigenvalue weighted by molar-refractivity contribution is 6.16. The first-order valence-electron chi connectivity index (χ1n) is 18.3. The highest BCUT2D eigenvalue weighted by Crippen LogP contribution is 2.36. The number of carbonyl (C=O) groups is 2. The maximum Gasteiger partial charge on any atom is 0.303 e. The smallest absolute Gasteiger partial charge is 0.303 e. The van der Waals surface area contributed by atoms with E-state index in [9.17, 15) is 9.59 Å². The van der Waals surface area contributed by atoms with Crippen molar-refractivity contribution in [2.75, 3.05) is 63.3 Å². The van der Waals surface area contributed by atoms with Gasteiger partial charge in [0, 0.05) is 86.7 Å². The molecule has 9 nitrogen and oxygen atoms in total. The van der Waals surface area contributed by atoms with Gasteiger partial charge in [-0.3, -0.25) is 14.5 Å². The number of hydrogen-bond acceptors (Lipinski definition) is 7. The Hall–Kier alpha value is -4.99. The number of rotatable bonds is 16. The minimum atomic E-state index is -0.826. The van der Waals surface area contributed by atoms with E-state index < -0.39 is 5.97 Å². The van der Waals surface area contributed by atoms with Gasteiger partial charge in [0.25, 0.3) is 0 Å². The van der Waals surface area contributed by atoms with Gasteiger partial charge in [0.2, 0.25) is 0 Å². The molecule has 0 saturated carbocycles. The lowest BCUT2D eigenvalue weighted by Crippen LogP contribution is -2.46. The minimum Gasteiger partial charge on any atom is -0.495 e. The lowest BCUT2D eigenvalue weighted by Gasteiger charge is -2.36. The molecular formula is C43H51ClN4O5. The average Bonchev–Trinajstić information content (AvgIpc) is 3.54. The van der Waals surface area contributed by atoms with Gasteiger partial charge in [-0.2, -0.15) is 0 Å². The number of anilines is 3. The van der Waals surface area contributed by atoms with Crippen molar-refractivity contribution in [1.29, 1.82) is 0 Å². The Morgan fingerprint density at radius 1 is 0.849 bits per heavy atom. The molecule has 0 amide bonds. The van der Waals surface area contributed by atoms with Crippen LogP contribution in [-0.2, 0) is 11.3 Å². The highest BCUT2D eigenvalue weighted by atomic mass is 35.5. The van der Waals surface area contributed by atoms with E-state index in [1.165, 1.54) is 5.56 Å². The van der Waals surface area contributed by atoms with E-state index in [1.54, 1.807) is 7.11 Å². The predicted molar refractivity (Wildman–Crippen MR) is 216 cm³/mol. The van der Waals surface area contributed by atoms with E-state index in [2.05, 4.69) is 64.9 Å². The summed E-state index contributed by atoms with van der Waals surface area (Å²) in [6.07, 6.45) is 3.27. The second kappa shape index (κ2) is 18.2. The van der Waals surface area contributed by atoms with Crippen LogP contribution in [0.2, 0.25) is 0 Å². The zero-order valence-corrected chi connectivity index (χ0v) is 32.0. The molecule has 5 aromatic rings.